The quantitative estimate of drug-likeness (QED) is 0.291. The highest BCUT2D eigenvalue weighted by Crippen LogP contribution is 2.31. The zero-order valence-corrected chi connectivity index (χ0v) is 24.9. The van der Waals surface area contributed by atoms with Crippen molar-refractivity contribution in [2.24, 2.45) is 0 Å². The molecule has 9 nitrogen and oxygen atoms in total. The number of hydrogen-bond acceptors (Lipinski definition) is 7. The molecule has 222 valence electrons. The van der Waals surface area contributed by atoms with Crippen molar-refractivity contribution < 1.29 is 4.74 Å². The van der Waals surface area contributed by atoms with Crippen molar-refractivity contribution >= 4 is 6.08 Å². The monoisotopic (exact) mass is 577 g/mol. The highest BCUT2D eigenvalue weighted by molar-refractivity contribution is 5.77. The predicted octanol–water partition coefficient (Wildman–Crippen LogP) is 5.12. The molecule has 43 heavy (non-hydrogen) atoms. The molecule has 2 aliphatic heterocycles. The highest BCUT2D eigenvalue weighted by Gasteiger charge is 2.26. The lowest BCUT2D eigenvalue weighted by Crippen LogP contribution is -2.37. The van der Waals surface area contributed by atoms with Gasteiger partial charge in [0.15, 0.2) is 5.82 Å². The Labute approximate surface area is 252 Å². The number of nitrogens with zero attached hydrogens (tertiary/aromatic N) is 6. The number of ether oxygens (including phenoxy) is 1. The molecule has 0 aliphatic carbocycles. The Bertz CT molecular complexity index is 1620. The van der Waals surface area contributed by atoms with Gasteiger partial charge in [0.1, 0.15) is 11.4 Å². The van der Waals surface area contributed by atoms with Crippen LogP contribution in [0.25, 0.3) is 28.6 Å². The lowest BCUT2D eigenvalue weighted by Gasteiger charge is -2.32. The average molecular weight is 578 g/mol. The first-order chi connectivity index (χ1) is 21.1. The van der Waals surface area contributed by atoms with Gasteiger partial charge >= 0.3 is 5.69 Å². The molecule has 1 unspecified atom stereocenters. The van der Waals surface area contributed by atoms with Crippen molar-refractivity contribution in [1.29, 1.82) is 0 Å². The van der Waals surface area contributed by atoms with Crippen LogP contribution in [-0.2, 0) is 11.3 Å². The zero-order valence-electron chi connectivity index (χ0n) is 24.9. The zero-order chi connectivity index (χ0) is 29.6. The molecular weight excluding hydrogens is 538 g/mol. The third kappa shape index (κ3) is 6.74. The van der Waals surface area contributed by atoms with Crippen LogP contribution in [-0.4, -0.2) is 74.4 Å². The molecule has 4 aromatic rings. The molecule has 0 amide bonds. The fourth-order valence-corrected chi connectivity index (χ4v) is 5.87. The summed E-state index contributed by atoms with van der Waals surface area (Å²) in [5.74, 6) is 0.686. The second-order valence-corrected chi connectivity index (χ2v) is 11.3. The van der Waals surface area contributed by atoms with Crippen LogP contribution in [0.3, 0.4) is 0 Å². The fraction of sp³-hybridized carbons (Fsp3) is 0.353. The van der Waals surface area contributed by atoms with E-state index in [1.807, 2.05) is 72.3 Å². The maximum atomic E-state index is 12.6. The maximum Gasteiger partial charge on any atom is 0.326 e. The number of nitrogens with one attached hydrogen (secondary N) is 1. The van der Waals surface area contributed by atoms with Gasteiger partial charge in [0.05, 0.1) is 24.9 Å². The van der Waals surface area contributed by atoms with E-state index in [2.05, 4.69) is 56.3 Å². The molecule has 2 fully saturated rings. The Hall–Kier alpha value is -4.18. The van der Waals surface area contributed by atoms with Crippen molar-refractivity contribution in [3.63, 3.8) is 0 Å². The standard InChI is InChI=1S/C34H39N7O2/c1-3-4-6-11-28-23-41(34(42)35-28)29-16-18-40(19-17-29)22-25-12-14-27(15-13-25)31-32(26-9-7-5-8-10-26)37-38-33(36-31)30-24-43-21-20-39(30)2/h3-15,23,29-30H,16-22,24H2,1-2H3,(H,35,42)/b4-3-,11-6-. The molecule has 1 atom stereocenters. The fourth-order valence-electron chi connectivity index (χ4n) is 5.87. The molecule has 2 saturated heterocycles. The number of aromatic amines is 1. The van der Waals surface area contributed by atoms with Crippen LogP contribution >= 0.6 is 0 Å². The Morgan fingerprint density at radius 2 is 1.72 bits per heavy atom. The van der Waals surface area contributed by atoms with Crippen LogP contribution < -0.4 is 5.69 Å². The molecule has 9 heteroatoms. The maximum absolute atomic E-state index is 12.6. The summed E-state index contributed by atoms with van der Waals surface area (Å²) in [5.41, 5.74) is 5.68. The molecule has 0 bridgehead atoms. The van der Waals surface area contributed by atoms with E-state index in [1.165, 1.54) is 5.56 Å². The van der Waals surface area contributed by atoms with Gasteiger partial charge in [-0.25, -0.2) is 9.78 Å². The molecule has 0 saturated carbocycles. The van der Waals surface area contributed by atoms with Gasteiger partial charge in [-0.1, -0.05) is 72.8 Å². The summed E-state index contributed by atoms with van der Waals surface area (Å²) >= 11 is 0. The van der Waals surface area contributed by atoms with Gasteiger partial charge in [-0.2, -0.15) is 0 Å². The van der Waals surface area contributed by atoms with Crippen LogP contribution in [0, 0.1) is 0 Å². The van der Waals surface area contributed by atoms with Crippen LogP contribution in [0.1, 0.15) is 48.9 Å². The average Bonchev–Trinajstić information content (AvgIpc) is 3.42. The molecule has 1 N–H and O–H groups in total. The number of likely N-dealkylation sites (tertiary alicyclic amines) is 1. The number of aromatic nitrogens is 5. The van der Waals surface area contributed by atoms with Crippen LogP contribution in [0.4, 0.5) is 0 Å². The van der Waals surface area contributed by atoms with Crippen molar-refractivity contribution in [1.82, 2.24) is 34.5 Å². The van der Waals surface area contributed by atoms with Gasteiger partial charge in [-0.05, 0) is 38.5 Å². The van der Waals surface area contributed by atoms with Crippen LogP contribution in [0.2, 0.25) is 0 Å². The van der Waals surface area contributed by atoms with Gasteiger partial charge in [-0.15, -0.1) is 10.2 Å². The number of likely N-dealkylation sites (N-methyl/N-ethyl adjacent to an activating group) is 1. The molecule has 0 spiro atoms. The number of rotatable bonds is 8. The summed E-state index contributed by atoms with van der Waals surface area (Å²) in [5, 5.41) is 9.22. The summed E-state index contributed by atoms with van der Waals surface area (Å²) < 4.78 is 7.60. The summed E-state index contributed by atoms with van der Waals surface area (Å²) in [6.45, 7) is 6.85. The molecule has 0 radical (unpaired) electrons. The number of benzene rings is 2. The first kappa shape index (κ1) is 28.9. The van der Waals surface area contributed by atoms with Gasteiger partial charge < -0.3 is 9.72 Å². The van der Waals surface area contributed by atoms with E-state index in [1.54, 1.807) is 0 Å². The first-order valence-electron chi connectivity index (χ1n) is 15.1. The Morgan fingerprint density at radius 3 is 2.47 bits per heavy atom. The Morgan fingerprint density at radius 1 is 0.953 bits per heavy atom. The minimum absolute atomic E-state index is 0.0181. The molecule has 4 heterocycles. The minimum Gasteiger partial charge on any atom is -0.378 e. The van der Waals surface area contributed by atoms with Crippen molar-refractivity contribution in [2.75, 3.05) is 39.9 Å². The number of H-pyrrole nitrogens is 1. The smallest absolute Gasteiger partial charge is 0.326 e. The number of imidazole rings is 1. The van der Waals surface area contributed by atoms with Gasteiger partial charge in [0, 0.05) is 49.5 Å². The van der Waals surface area contributed by atoms with Gasteiger partial charge in [0.2, 0.25) is 0 Å². The summed E-state index contributed by atoms with van der Waals surface area (Å²) in [6, 6.07) is 19.0. The molecular formula is C34H39N7O2. The number of piperidine rings is 1. The van der Waals surface area contributed by atoms with Crippen LogP contribution in [0.15, 0.2) is 83.8 Å². The number of allylic oxidation sites excluding steroid dienone is 3. The molecule has 2 aliphatic rings. The van der Waals surface area contributed by atoms with Crippen molar-refractivity contribution in [3.05, 3.63) is 107 Å². The Kier molecular flexibility index (Phi) is 9.02. The summed E-state index contributed by atoms with van der Waals surface area (Å²) in [6.07, 6.45) is 11.6. The lowest BCUT2D eigenvalue weighted by atomic mass is 10.0. The van der Waals surface area contributed by atoms with Crippen LogP contribution in [0.5, 0.6) is 0 Å². The van der Waals surface area contributed by atoms with E-state index >= 15 is 0 Å². The highest BCUT2D eigenvalue weighted by atomic mass is 16.5. The van der Waals surface area contributed by atoms with E-state index in [0.717, 1.165) is 73.8 Å². The lowest BCUT2D eigenvalue weighted by molar-refractivity contribution is 0.00152. The molecule has 2 aromatic carbocycles. The number of morpholine rings is 1. The topological polar surface area (TPSA) is 92.2 Å². The van der Waals surface area contributed by atoms with Gasteiger partial charge in [0.25, 0.3) is 0 Å². The SMILES string of the molecule is C/C=C\C=C/c1cn(C2CCN(Cc3ccc(-c4nc(C5COCCN5C)nnc4-c4ccccc4)cc3)CC2)c(=O)[nH]1. The Balaban J connectivity index is 1.15. The molecule has 6 rings (SSSR count). The predicted molar refractivity (Wildman–Crippen MR) is 169 cm³/mol. The second kappa shape index (κ2) is 13.4. The largest absolute Gasteiger partial charge is 0.378 e. The number of hydrogen-bond donors (Lipinski definition) is 1. The van der Waals surface area contributed by atoms with E-state index in [9.17, 15) is 4.79 Å². The summed E-state index contributed by atoms with van der Waals surface area (Å²) in [4.78, 5) is 25.3. The second-order valence-electron chi connectivity index (χ2n) is 11.3. The first-order valence-corrected chi connectivity index (χ1v) is 15.1. The third-order valence-corrected chi connectivity index (χ3v) is 8.37. The minimum atomic E-state index is -0.0333. The van der Waals surface area contributed by atoms with Crippen molar-refractivity contribution in [2.45, 2.75) is 38.4 Å². The normalized spacial score (nSPS) is 19.1. The summed E-state index contributed by atoms with van der Waals surface area (Å²) in [7, 11) is 2.08. The molecule has 2 aromatic heterocycles. The van der Waals surface area contributed by atoms with E-state index in [0.29, 0.717) is 12.4 Å². The van der Waals surface area contributed by atoms with Gasteiger partial charge in [-0.3, -0.25) is 14.4 Å². The third-order valence-electron chi connectivity index (χ3n) is 8.37. The van der Waals surface area contributed by atoms with E-state index in [-0.39, 0.29) is 17.8 Å². The van der Waals surface area contributed by atoms with E-state index in [4.69, 9.17) is 9.72 Å². The van der Waals surface area contributed by atoms with E-state index < -0.39 is 0 Å². The van der Waals surface area contributed by atoms with Crippen molar-refractivity contribution in [3.8, 4) is 22.5 Å².